The molecule has 1 amide bonds. The first-order chi connectivity index (χ1) is 26.7. The number of amides is 1. The number of hydrogen-bond acceptors (Lipinski definition) is 23. The summed E-state index contributed by atoms with van der Waals surface area (Å²) in [6.45, 7) is 4.07. The summed E-state index contributed by atoms with van der Waals surface area (Å²) in [5, 5.41) is 140. The molecule has 5 aliphatic heterocycles. The maximum Gasteiger partial charge on any atom is 0.335 e. The van der Waals surface area contributed by atoms with Crippen molar-refractivity contribution in [2.75, 3.05) is 6.61 Å². The maximum absolute atomic E-state index is 12.6. The first-order valence-corrected chi connectivity index (χ1v) is 18.2. The molecule has 57 heavy (non-hydrogen) atoms. The molecule has 330 valence electrons. The molecule has 0 unspecified atom stereocenters. The number of carboxylic acid groups (broad SMARTS) is 1. The van der Waals surface area contributed by atoms with Gasteiger partial charge < -0.3 is 114 Å². The quantitative estimate of drug-likeness (QED) is 0.0919. The highest BCUT2D eigenvalue weighted by atomic mass is 16.8. The van der Waals surface area contributed by atoms with Crippen LogP contribution in [-0.2, 0) is 52.2 Å². The lowest BCUT2D eigenvalue weighted by Crippen LogP contribution is -2.70. The topological polar surface area (TPSA) is 392 Å². The fourth-order valence-electron chi connectivity index (χ4n) is 7.21. The molecule has 0 spiro atoms. The Kier molecular flexibility index (Phi) is 15.2. The number of ether oxygens (including phenoxy) is 9. The number of aliphatic hydroxyl groups excluding tert-OH is 12. The highest BCUT2D eigenvalue weighted by Crippen LogP contribution is 2.37. The van der Waals surface area contributed by atoms with Crippen molar-refractivity contribution in [3.05, 3.63) is 0 Å². The van der Waals surface area contributed by atoms with Gasteiger partial charge in [0, 0.05) is 6.92 Å². The van der Waals surface area contributed by atoms with Crippen LogP contribution in [0.2, 0.25) is 0 Å². The van der Waals surface area contributed by atoms with E-state index in [9.17, 15) is 76.0 Å². The third-order valence-corrected chi connectivity index (χ3v) is 10.6. The van der Waals surface area contributed by atoms with Crippen molar-refractivity contribution in [3.8, 4) is 0 Å². The fraction of sp³-hybridized carbons (Fsp3) is 0.938. The van der Waals surface area contributed by atoms with Crippen molar-refractivity contribution in [2.24, 2.45) is 0 Å². The van der Waals surface area contributed by atoms with E-state index in [0.29, 0.717) is 0 Å². The zero-order chi connectivity index (χ0) is 42.4. The number of carbonyl (C=O) groups excluding carboxylic acids is 1. The molecule has 5 heterocycles. The van der Waals surface area contributed by atoms with Gasteiger partial charge in [-0.05, 0) is 20.8 Å². The van der Waals surface area contributed by atoms with E-state index in [-0.39, 0.29) is 0 Å². The van der Waals surface area contributed by atoms with E-state index in [0.717, 1.165) is 6.92 Å². The van der Waals surface area contributed by atoms with Crippen LogP contribution < -0.4 is 5.32 Å². The van der Waals surface area contributed by atoms with Crippen molar-refractivity contribution in [3.63, 3.8) is 0 Å². The lowest BCUT2D eigenvalue weighted by molar-refractivity contribution is -0.400. The van der Waals surface area contributed by atoms with Crippen LogP contribution >= 0.6 is 0 Å². The predicted molar refractivity (Wildman–Crippen MR) is 174 cm³/mol. The number of nitrogens with one attached hydrogen (secondary N) is 1. The van der Waals surface area contributed by atoms with E-state index in [4.69, 9.17) is 42.6 Å². The van der Waals surface area contributed by atoms with E-state index in [1.165, 1.54) is 20.8 Å². The largest absolute Gasteiger partial charge is 0.479 e. The van der Waals surface area contributed by atoms with Gasteiger partial charge in [0.2, 0.25) is 5.91 Å². The van der Waals surface area contributed by atoms with Gasteiger partial charge in [0.15, 0.2) is 37.6 Å². The maximum atomic E-state index is 12.6. The Balaban J connectivity index is 1.54. The standard InChI is InChI=1S/C32H53NO24/c1-6-12(36)16(40)19(43)30(50-6)55-24-14(38)8(3)51-32(54-23-13(37)7(2)49-28(48)21(23)45)26(24)57-29-11(33-9(4)35)22(15(39)10(5-34)52-29)53-31-20(44)17(41)18(42)25(56-31)27(46)47/h6-8,10-26,28-32,34,36-45,48H,5H2,1-4H3,(H,33,35)(H,46,47)/t6-,7-,8-,10+,11+,12-,13-,14-,15+,16+,17-,18+,19+,20+,21+,22+,23+,24+,25-,26+,28+,29-,30-,31-,32-/m0/s1. The van der Waals surface area contributed by atoms with Gasteiger partial charge in [-0.3, -0.25) is 4.79 Å². The molecular weight excluding hydrogens is 782 g/mol. The number of hydrogen-bond donors (Lipinski definition) is 14. The third-order valence-electron chi connectivity index (χ3n) is 10.6. The van der Waals surface area contributed by atoms with Crippen LogP contribution in [0.15, 0.2) is 0 Å². The second-order valence-corrected chi connectivity index (χ2v) is 14.7. The fourth-order valence-corrected chi connectivity index (χ4v) is 7.21. The Hall–Kier alpha value is -1.90. The van der Waals surface area contributed by atoms with Crippen LogP contribution in [0.3, 0.4) is 0 Å². The molecule has 5 rings (SSSR count). The minimum absolute atomic E-state index is 0.838. The van der Waals surface area contributed by atoms with Crippen LogP contribution in [-0.4, -0.2) is 238 Å². The second-order valence-electron chi connectivity index (χ2n) is 14.7. The van der Waals surface area contributed by atoms with Crippen molar-refractivity contribution in [1.29, 1.82) is 0 Å². The van der Waals surface area contributed by atoms with Crippen LogP contribution in [0, 0.1) is 0 Å². The SMILES string of the molecule is CC(=O)N[C@H]1[C@H](O[C@H]2[C@H](O[C@@H]3[C@@H](O)[C@H](C)O[C@@H](O)[C@@H]3O)O[C@@H](C)[C@H](O)[C@H]2O[C@@H]2O[C@@H](C)[C@H](O)[C@@H](O)[C@H]2O)O[C@H](CO)[C@@H](O)[C@@H]1O[C@H]1O[C@H](C(=O)O)[C@H](O)[C@H](O)[C@H]1O. The van der Waals surface area contributed by atoms with E-state index >= 15 is 0 Å². The summed E-state index contributed by atoms with van der Waals surface area (Å²) >= 11 is 0. The van der Waals surface area contributed by atoms with Gasteiger partial charge >= 0.3 is 5.97 Å². The van der Waals surface area contributed by atoms with E-state index in [2.05, 4.69) is 5.32 Å². The normalized spacial score (nSPS) is 52.2. The molecule has 25 nitrogen and oxygen atoms in total. The lowest BCUT2D eigenvalue weighted by atomic mass is 9.94. The first kappa shape index (κ1) is 46.2. The predicted octanol–water partition coefficient (Wildman–Crippen LogP) is -8.61. The number of aliphatic hydroxyl groups is 12. The molecule has 5 aliphatic rings. The highest BCUT2D eigenvalue weighted by molar-refractivity contribution is 5.73. The molecule has 5 fully saturated rings. The van der Waals surface area contributed by atoms with E-state index in [1.807, 2.05) is 0 Å². The number of carbonyl (C=O) groups is 2. The average molecular weight is 836 g/mol. The molecule has 25 heteroatoms. The summed E-state index contributed by atoms with van der Waals surface area (Å²) in [7, 11) is 0. The lowest BCUT2D eigenvalue weighted by Gasteiger charge is -2.51. The minimum Gasteiger partial charge on any atom is -0.479 e. The van der Waals surface area contributed by atoms with Crippen LogP contribution in [0.1, 0.15) is 27.7 Å². The molecule has 5 saturated heterocycles. The third kappa shape index (κ3) is 9.54. The summed E-state index contributed by atoms with van der Waals surface area (Å²) in [4.78, 5) is 24.4. The average Bonchev–Trinajstić information content (AvgIpc) is 3.15. The Morgan fingerprint density at radius 2 is 1.00 bits per heavy atom. The molecule has 0 aromatic heterocycles. The van der Waals surface area contributed by atoms with Crippen molar-refractivity contribution < 1.29 is 119 Å². The Morgan fingerprint density at radius 3 is 1.60 bits per heavy atom. The monoisotopic (exact) mass is 835 g/mol. The summed E-state index contributed by atoms with van der Waals surface area (Å²) in [6, 6.07) is -1.75. The molecule has 0 bridgehead atoms. The smallest absolute Gasteiger partial charge is 0.335 e. The van der Waals surface area contributed by atoms with Gasteiger partial charge in [-0.15, -0.1) is 0 Å². The zero-order valence-corrected chi connectivity index (χ0v) is 30.9. The molecule has 0 radical (unpaired) electrons. The van der Waals surface area contributed by atoms with E-state index < -0.39 is 172 Å². The first-order valence-electron chi connectivity index (χ1n) is 18.2. The highest BCUT2D eigenvalue weighted by Gasteiger charge is 2.57. The molecule has 0 aliphatic carbocycles. The van der Waals surface area contributed by atoms with Crippen molar-refractivity contribution >= 4 is 11.9 Å². The minimum atomic E-state index is -2.16. The molecular formula is C32H53NO24. The van der Waals surface area contributed by atoms with E-state index in [1.54, 1.807) is 0 Å². The van der Waals surface area contributed by atoms with Crippen LogP contribution in [0.4, 0.5) is 0 Å². The van der Waals surface area contributed by atoms with Gasteiger partial charge in [0.05, 0.1) is 24.9 Å². The zero-order valence-electron chi connectivity index (χ0n) is 30.9. The van der Waals surface area contributed by atoms with Gasteiger partial charge in [-0.2, -0.15) is 0 Å². The Morgan fingerprint density at radius 1 is 0.509 bits per heavy atom. The van der Waals surface area contributed by atoms with Gasteiger partial charge in [0.1, 0.15) is 97.6 Å². The molecule has 25 atom stereocenters. The van der Waals surface area contributed by atoms with Gasteiger partial charge in [-0.25, -0.2) is 4.79 Å². The summed E-state index contributed by atoms with van der Waals surface area (Å²) in [5.74, 6) is -2.61. The van der Waals surface area contributed by atoms with Crippen LogP contribution in [0.5, 0.6) is 0 Å². The number of carboxylic acids is 1. The summed E-state index contributed by atoms with van der Waals surface area (Å²) < 4.78 is 51.6. The molecule has 0 aromatic carbocycles. The van der Waals surface area contributed by atoms with Crippen LogP contribution in [0.25, 0.3) is 0 Å². The Bertz CT molecular complexity index is 1340. The Labute approximate surface area is 323 Å². The molecule has 14 N–H and O–H groups in total. The van der Waals surface area contributed by atoms with Crippen molar-refractivity contribution in [1.82, 2.24) is 5.32 Å². The van der Waals surface area contributed by atoms with Gasteiger partial charge in [0.25, 0.3) is 0 Å². The molecule has 0 saturated carbocycles. The number of rotatable bonds is 11. The number of aliphatic carboxylic acids is 1. The second kappa shape index (κ2) is 18.8. The van der Waals surface area contributed by atoms with Crippen molar-refractivity contribution in [2.45, 2.75) is 181 Å². The summed E-state index contributed by atoms with van der Waals surface area (Å²) in [5.41, 5.74) is 0. The van der Waals surface area contributed by atoms with Gasteiger partial charge in [-0.1, -0.05) is 0 Å². The molecule has 0 aromatic rings. The summed E-state index contributed by atoms with van der Waals surface area (Å²) in [6.07, 6.45) is -43.3.